The largest absolute Gasteiger partial charge is 0.462 e. The molecule has 0 aliphatic heterocycles. The zero-order chi connectivity index (χ0) is 44.0. The van der Waals surface area contributed by atoms with Crippen molar-refractivity contribution in [3.63, 3.8) is 0 Å². The quantitative estimate of drug-likeness (QED) is 0.0345. The third-order valence-corrected chi connectivity index (χ3v) is 12.2. The van der Waals surface area contributed by atoms with Gasteiger partial charge in [0.25, 0.3) is 0 Å². The Kier molecular flexibility index (Phi) is 45.7. The number of rotatable bonds is 48. The van der Waals surface area contributed by atoms with Crippen molar-refractivity contribution < 1.29 is 28.6 Å². The summed E-state index contributed by atoms with van der Waals surface area (Å²) in [4.78, 5) is 38.0. The lowest BCUT2D eigenvalue weighted by Gasteiger charge is -2.18. The van der Waals surface area contributed by atoms with Crippen LogP contribution in [0.2, 0.25) is 0 Å². The standard InChI is InChI=1S/C54H104O6/c1-6-7-8-9-10-11-12-15-19-24-29-34-39-44-52(55)58-47-51(60-54(57)46-41-36-31-26-21-23-28-33-38-43-50(4)5)48-59-53(56)45-40-35-30-25-20-17-14-13-16-18-22-27-32-37-42-49(2)3/h49-51H,6-48H2,1-5H3/t51-/m1/s1. The second-order valence-electron chi connectivity index (χ2n) is 19.5. The van der Waals surface area contributed by atoms with Gasteiger partial charge in [0.2, 0.25) is 0 Å². The summed E-state index contributed by atoms with van der Waals surface area (Å²) in [5.41, 5.74) is 0. The molecule has 6 heteroatoms. The predicted molar refractivity (Wildman–Crippen MR) is 256 cm³/mol. The van der Waals surface area contributed by atoms with Crippen molar-refractivity contribution in [2.75, 3.05) is 13.2 Å². The second-order valence-corrected chi connectivity index (χ2v) is 19.5. The fourth-order valence-electron chi connectivity index (χ4n) is 8.17. The van der Waals surface area contributed by atoms with E-state index in [9.17, 15) is 14.4 Å². The molecule has 0 aromatic heterocycles. The molecule has 0 fully saturated rings. The highest BCUT2D eigenvalue weighted by Gasteiger charge is 2.19. The molecule has 0 aromatic carbocycles. The van der Waals surface area contributed by atoms with Crippen LogP contribution in [0, 0.1) is 11.8 Å². The monoisotopic (exact) mass is 849 g/mol. The van der Waals surface area contributed by atoms with Crippen LogP contribution in [0.3, 0.4) is 0 Å². The van der Waals surface area contributed by atoms with Crippen molar-refractivity contribution in [1.29, 1.82) is 0 Å². The molecule has 0 rings (SSSR count). The molecule has 0 saturated heterocycles. The average molecular weight is 849 g/mol. The minimum Gasteiger partial charge on any atom is -0.462 e. The molecule has 0 N–H and O–H groups in total. The van der Waals surface area contributed by atoms with E-state index < -0.39 is 6.10 Å². The molecule has 0 heterocycles. The van der Waals surface area contributed by atoms with Gasteiger partial charge in [0, 0.05) is 19.3 Å². The smallest absolute Gasteiger partial charge is 0.306 e. The van der Waals surface area contributed by atoms with Gasteiger partial charge in [0.05, 0.1) is 0 Å². The average Bonchev–Trinajstić information content (AvgIpc) is 3.22. The number of hydrogen-bond donors (Lipinski definition) is 0. The summed E-state index contributed by atoms with van der Waals surface area (Å²) in [5.74, 6) is 0.804. The molecule has 0 saturated carbocycles. The SMILES string of the molecule is CCCCCCCCCCCCCCCC(=O)OC[C@H](COC(=O)CCCCCCCCCCCCCCCCC(C)C)OC(=O)CCCCCCCCCCCC(C)C. The fourth-order valence-corrected chi connectivity index (χ4v) is 8.17. The van der Waals surface area contributed by atoms with E-state index in [1.165, 1.54) is 186 Å². The molecule has 0 amide bonds. The van der Waals surface area contributed by atoms with E-state index in [-0.39, 0.29) is 31.1 Å². The van der Waals surface area contributed by atoms with Gasteiger partial charge in [0.15, 0.2) is 6.10 Å². The number of hydrogen-bond acceptors (Lipinski definition) is 6. The van der Waals surface area contributed by atoms with Crippen LogP contribution in [0.5, 0.6) is 0 Å². The van der Waals surface area contributed by atoms with Crippen LogP contribution in [0.4, 0.5) is 0 Å². The van der Waals surface area contributed by atoms with E-state index in [2.05, 4.69) is 34.6 Å². The summed E-state index contributed by atoms with van der Waals surface area (Å²) in [6.45, 7) is 11.4. The molecule has 0 aromatic rings. The Balaban J connectivity index is 4.28. The number of carbonyl (C=O) groups excluding carboxylic acids is 3. The Morgan fingerprint density at radius 1 is 0.317 bits per heavy atom. The Labute approximate surface area is 374 Å². The van der Waals surface area contributed by atoms with Crippen LogP contribution < -0.4 is 0 Å². The Hall–Kier alpha value is -1.59. The van der Waals surface area contributed by atoms with Gasteiger partial charge in [-0.2, -0.15) is 0 Å². The van der Waals surface area contributed by atoms with Crippen LogP contribution >= 0.6 is 0 Å². The van der Waals surface area contributed by atoms with Gasteiger partial charge in [-0.05, 0) is 31.1 Å². The lowest BCUT2D eigenvalue weighted by atomic mass is 10.0. The molecular weight excluding hydrogens is 745 g/mol. The normalized spacial score (nSPS) is 12.1. The van der Waals surface area contributed by atoms with Crippen LogP contribution in [-0.4, -0.2) is 37.2 Å². The van der Waals surface area contributed by atoms with Crippen molar-refractivity contribution in [2.24, 2.45) is 11.8 Å². The molecule has 6 nitrogen and oxygen atoms in total. The van der Waals surface area contributed by atoms with Crippen LogP contribution in [0.15, 0.2) is 0 Å². The zero-order valence-corrected chi connectivity index (χ0v) is 41.1. The Bertz CT molecular complexity index is 916. The lowest BCUT2D eigenvalue weighted by molar-refractivity contribution is -0.167. The summed E-state index contributed by atoms with van der Waals surface area (Å²) in [6, 6.07) is 0. The van der Waals surface area contributed by atoms with Crippen LogP contribution in [0.1, 0.15) is 298 Å². The topological polar surface area (TPSA) is 78.9 Å². The molecule has 0 aliphatic carbocycles. The van der Waals surface area contributed by atoms with Crippen molar-refractivity contribution in [3.8, 4) is 0 Å². The third kappa shape index (κ3) is 47.5. The summed E-state index contributed by atoms with van der Waals surface area (Å²) in [6.07, 6.45) is 48.0. The molecule has 0 radical (unpaired) electrons. The van der Waals surface area contributed by atoms with Gasteiger partial charge in [0.1, 0.15) is 13.2 Å². The van der Waals surface area contributed by atoms with Crippen molar-refractivity contribution in [3.05, 3.63) is 0 Å². The minimum atomic E-state index is -0.762. The first-order chi connectivity index (χ1) is 29.2. The first kappa shape index (κ1) is 58.4. The summed E-state index contributed by atoms with van der Waals surface area (Å²) >= 11 is 0. The molecular formula is C54H104O6. The number of unbranched alkanes of at least 4 members (excludes halogenated alkanes) is 33. The highest BCUT2D eigenvalue weighted by atomic mass is 16.6. The summed E-state index contributed by atoms with van der Waals surface area (Å²) < 4.78 is 16.8. The first-order valence-corrected chi connectivity index (χ1v) is 26.7. The highest BCUT2D eigenvalue weighted by molar-refractivity contribution is 5.71. The highest BCUT2D eigenvalue weighted by Crippen LogP contribution is 2.17. The molecule has 0 aliphatic rings. The molecule has 356 valence electrons. The van der Waals surface area contributed by atoms with Gasteiger partial charge in [-0.25, -0.2) is 0 Å². The van der Waals surface area contributed by atoms with E-state index in [1.54, 1.807) is 0 Å². The lowest BCUT2D eigenvalue weighted by Crippen LogP contribution is -2.30. The third-order valence-electron chi connectivity index (χ3n) is 12.2. The minimum absolute atomic E-state index is 0.0636. The fraction of sp³-hybridized carbons (Fsp3) is 0.944. The number of esters is 3. The summed E-state index contributed by atoms with van der Waals surface area (Å²) in [7, 11) is 0. The maximum atomic E-state index is 12.8. The molecule has 0 unspecified atom stereocenters. The molecule has 0 spiro atoms. The first-order valence-electron chi connectivity index (χ1n) is 26.7. The van der Waals surface area contributed by atoms with Gasteiger partial charge in [-0.3, -0.25) is 14.4 Å². The molecule has 1 atom stereocenters. The van der Waals surface area contributed by atoms with E-state index >= 15 is 0 Å². The van der Waals surface area contributed by atoms with Gasteiger partial charge in [-0.1, -0.05) is 259 Å². The molecule has 0 bridgehead atoms. The van der Waals surface area contributed by atoms with Crippen LogP contribution in [0.25, 0.3) is 0 Å². The van der Waals surface area contributed by atoms with Gasteiger partial charge in [-0.15, -0.1) is 0 Å². The van der Waals surface area contributed by atoms with Crippen molar-refractivity contribution in [2.45, 2.75) is 304 Å². The zero-order valence-electron chi connectivity index (χ0n) is 41.1. The predicted octanol–water partition coefficient (Wildman–Crippen LogP) is 17.3. The maximum absolute atomic E-state index is 12.8. The summed E-state index contributed by atoms with van der Waals surface area (Å²) in [5, 5.41) is 0. The Morgan fingerprint density at radius 3 is 0.817 bits per heavy atom. The number of ether oxygens (including phenoxy) is 3. The van der Waals surface area contributed by atoms with Crippen molar-refractivity contribution >= 4 is 17.9 Å². The second kappa shape index (κ2) is 46.9. The Morgan fingerprint density at radius 2 is 0.550 bits per heavy atom. The van der Waals surface area contributed by atoms with E-state index in [1.807, 2.05) is 0 Å². The molecule has 60 heavy (non-hydrogen) atoms. The number of carbonyl (C=O) groups is 3. The van der Waals surface area contributed by atoms with Crippen molar-refractivity contribution in [1.82, 2.24) is 0 Å². The van der Waals surface area contributed by atoms with E-state index in [4.69, 9.17) is 14.2 Å². The van der Waals surface area contributed by atoms with E-state index in [0.29, 0.717) is 19.3 Å². The van der Waals surface area contributed by atoms with Crippen LogP contribution in [-0.2, 0) is 28.6 Å². The maximum Gasteiger partial charge on any atom is 0.306 e. The van der Waals surface area contributed by atoms with Gasteiger partial charge >= 0.3 is 17.9 Å². The van der Waals surface area contributed by atoms with Gasteiger partial charge < -0.3 is 14.2 Å². The van der Waals surface area contributed by atoms with E-state index in [0.717, 1.165) is 69.6 Å².